The lowest BCUT2D eigenvalue weighted by molar-refractivity contribution is -0.0979. The van der Waals surface area contributed by atoms with E-state index >= 15 is 0 Å². The fraction of sp³-hybridized carbons (Fsp3) is 0.588. The topological polar surface area (TPSA) is 46.5 Å². The van der Waals surface area contributed by atoms with Gasteiger partial charge in [0.2, 0.25) is 0 Å². The number of unbranched alkanes of at least 4 members (excludes halogenated alkanes) is 5. The number of phenolic OH excluding ortho intramolecular Hbond substituents is 1. The summed E-state index contributed by atoms with van der Waals surface area (Å²) in [6, 6.07) is 3.84. The number of ether oxygens (including phenoxy) is 1. The summed E-state index contributed by atoms with van der Waals surface area (Å²) in [5.74, 6) is 1.36. The molecule has 0 aliphatic carbocycles. The van der Waals surface area contributed by atoms with Crippen molar-refractivity contribution in [3.63, 3.8) is 0 Å². The van der Waals surface area contributed by atoms with Crippen LogP contribution in [0.25, 0.3) is 0 Å². The molecule has 3 nitrogen and oxygen atoms in total. The maximum Gasteiger partial charge on any atom is 0.129 e. The van der Waals surface area contributed by atoms with Gasteiger partial charge in [0.05, 0.1) is 6.61 Å². The Kier molecular flexibility index (Phi) is 7.78. The van der Waals surface area contributed by atoms with E-state index in [0.29, 0.717) is 5.75 Å². The molecule has 1 aliphatic heterocycles. The highest BCUT2D eigenvalue weighted by Crippen LogP contribution is 2.36. The molecule has 20 heavy (non-hydrogen) atoms. The third-order valence-electron chi connectivity index (χ3n) is 3.72. The summed E-state index contributed by atoms with van der Waals surface area (Å²) in [6.07, 6.45) is 9.83. The second-order valence-corrected chi connectivity index (χ2v) is 5.17. The van der Waals surface area contributed by atoms with Crippen molar-refractivity contribution in [1.82, 2.24) is 0 Å². The van der Waals surface area contributed by atoms with Gasteiger partial charge in [0, 0.05) is 12.0 Å². The van der Waals surface area contributed by atoms with Crippen molar-refractivity contribution < 1.29 is 14.6 Å². The van der Waals surface area contributed by atoms with Crippen molar-refractivity contribution in [2.75, 3.05) is 6.61 Å². The summed E-state index contributed by atoms with van der Waals surface area (Å²) in [7, 11) is 0. The van der Waals surface area contributed by atoms with E-state index < -0.39 is 0 Å². The van der Waals surface area contributed by atoms with Gasteiger partial charge in [-0.1, -0.05) is 45.1 Å². The number of aryl methyl sites for hydroxylation is 1. The molecule has 2 rings (SSSR count). The molecule has 0 unspecified atom stereocenters. The molecule has 3 heteroatoms. The van der Waals surface area contributed by atoms with E-state index in [1.165, 1.54) is 44.1 Å². The van der Waals surface area contributed by atoms with E-state index in [2.05, 4.69) is 6.92 Å². The lowest BCUT2D eigenvalue weighted by Gasteiger charge is -2.09. The Labute approximate surface area is 122 Å². The van der Waals surface area contributed by atoms with Crippen LogP contribution in [-0.2, 0) is 17.6 Å². The van der Waals surface area contributed by atoms with Crippen molar-refractivity contribution in [3.8, 4) is 11.5 Å². The monoisotopic (exact) mass is 278 g/mol. The summed E-state index contributed by atoms with van der Waals surface area (Å²) in [4.78, 5) is 8.00. The highest BCUT2D eigenvalue weighted by Gasteiger charge is 2.19. The molecule has 1 aliphatic rings. The number of rotatable bonds is 7. The average molecular weight is 278 g/mol. The van der Waals surface area contributed by atoms with Crippen LogP contribution in [0, 0.1) is 0 Å². The number of fused-ring (bicyclic) bond motifs is 1. The molecule has 0 saturated carbocycles. The normalized spacial score (nSPS) is 12.2. The van der Waals surface area contributed by atoms with E-state index in [-0.39, 0.29) is 0 Å². The zero-order chi connectivity index (χ0) is 14.8. The molecule has 0 atom stereocenters. The van der Waals surface area contributed by atoms with Crippen LogP contribution in [0.1, 0.15) is 56.6 Å². The first-order valence-electron chi connectivity index (χ1n) is 7.58. The molecule has 0 radical (unpaired) electrons. The number of carbonyl (C=O) groups is 1. The molecule has 0 amide bonds. The second-order valence-electron chi connectivity index (χ2n) is 5.17. The standard InChI is InChI=1S/C16H24O2.CH2O/c1-2-3-4-5-6-7-8-13-9-10-15(17)14-11-12-18-16(13)14;1-2/h9-10,17H,2-8,11-12H2,1H3;1H2. The SMILES string of the molecule is C=O.CCCCCCCCc1ccc(O)c2c1OCC2. The first-order chi connectivity index (χ1) is 9.83. The van der Waals surface area contributed by atoms with Gasteiger partial charge in [0.15, 0.2) is 0 Å². The Hall–Kier alpha value is -1.51. The fourth-order valence-electron chi connectivity index (χ4n) is 2.64. The summed E-state index contributed by atoms with van der Waals surface area (Å²) >= 11 is 0. The molecule has 0 fully saturated rings. The lowest BCUT2D eigenvalue weighted by Crippen LogP contribution is -1.92. The number of hydrogen-bond donors (Lipinski definition) is 1. The van der Waals surface area contributed by atoms with Gasteiger partial charge in [-0.25, -0.2) is 0 Å². The van der Waals surface area contributed by atoms with Gasteiger partial charge in [-0.05, 0) is 24.5 Å². The highest BCUT2D eigenvalue weighted by atomic mass is 16.5. The number of aromatic hydroxyl groups is 1. The highest BCUT2D eigenvalue weighted by molar-refractivity contribution is 5.51. The first kappa shape index (κ1) is 16.5. The van der Waals surface area contributed by atoms with Gasteiger partial charge in [0.25, 0.3) is 0 Å². The van der Waals surface area contributed by atoms with Crippen LogP contribution in [0.3, 0.4) is 0 Å². The van der Waals surface area contributed by atoms with Gasteiger partial charge in [-0.3, -0.25) is 0 Å². The first-order valence-corrected chi connectivity index (χ1v) is 7.58. The molecule has 0 bridgehead atoms. The number of hydrogen-bond acceptors (Lipinski definition) is 3. The zero-order valence-electron chi connectivity index (χ0n) is 12.5. The number of phenols is 1. The third-order valence-corrected chi connectivity index (χ3v) is 3.72. The largest absolute Gasteiger partial charge is 0.508 e. The molecule has 0 spiro atoms. The Morgan fingerprint density at radius 3 is 2.60 bits per heavy atom. The van der Waals surface area contributed by atoms with Crippen molar-refractivity contribution in [1.29, 1.82) is 0 Å². The zero-order valence-corrected chi connectivity index (χ0v) is 12.5. The van der Waals surface area contributed by atoms with Crippen molar-refractivity contribution >= 4 is 6.79 Å². The van der Waals surface area contributed by atoms with Crippen molar-refractivity contribution in [3.05, 3.63) is 23.3 Å². The third kappa shape index (κ3) is 4.55. The van der Waals surface area contributed by atoms with Crippen molar-refractivity contribution in [2.45, 2.75) is 58.3 Å². The van der Waals surface area contributed by atoms with E-state index in [4.69, 9.17) is 9.53 Å². The Bertz CT molecular complexity index is 401. The minimum atomic E-state index is 0.397. The molecule has 1 aromatic carbocycles. The summed E-state index contributed by atoms with van der Waals surface area (Å²) < 4.78 is 5.65. The van der Waals surface area contributed by atoms with Gasteiger partial charge in [0.1, 0.15) is 18.3 Å². The van der Waals surface area contributed by atoms with Gasteiger partial charge in [-0.2, -0.15) is 0 Å². The van der Waals surface area contributed by atoms with Crippen molar-refractivity contribution in [2.24, 2.45) is 0 Å². The summed E-state index contributed by atoms with van der Waals surface area (Å²) in [6.45, 7) is 4.97. The lowest BCUT2D eigenvalue weighted by atomic mass is 10.0. The maximum atomic E-state index is 9.74. The molecule has 0 aromatic heterocycles. The quantitative estimate of drug-likeness (QED) is 0.765. The number of carbonyl (C=O) groups excluding carboxylic acids is 1. The predicted molar refractivity (Wildman–Crippen MR) is 81.5 cm³/mol. The van der Waals surface area contributed by atoms with E-state index in [0.717, 1.165) is 30.8 Å². The second kappa shape index (κ2) is 9.40. The molecule has 0 saturated heterocycles. The minimum Gasteiger partial charge on any atom is -0.508 e. The molecule has 112 valence electrons. The molecular formula is C17H26O3. The summed E-state index contributed by atoms with van der Waals surface area (Å²) in [5.41, 5.74) is 2.29. The smallest absolute Gasteiger partial charge is 0.129 e. The maximum absolute atomic E-state index is 9.74. The molecular weight excluding hydrogens is 252 g/mol. The minimum absolute atomic E-state index is 0.397. The Morgan fingerprint density at radius 2 is 1.85 bits per heavy atom. The van der Waals surface area contributed by atoms with Crippen LogP contribution in [0.15, 0.2) is 12.1 Å². The average Bonchev–Trinajstić information content (AvgIpc) is 2.97. The predicted octanol–water partition coefficient (Wildman–Crippen LogP) is 4.05. The van der Waals surface area contributed by atoms with Gasteiger partial charge >= 0.3 is 0 Å². The van der Waals surface area contributed by atoms with Crippen LogP contribution >= 0.6 is 0 Å². The van der Waals surface area contributed by atoms with Crippen LogP contribution in [-0.4, -0.2) is 18.5 Å². The molecule has 1 heterocycles. The van der Waals surface area contributed by atoms with Crippen LogP contribution < -0.4 is 4.74 Å². The van der Waals surface area contributed by atoms with Gasteiger partial charge < -0.3 is 14.6 Å². The molecule has 1 aromatic rings. The fourth-order valence-corrected chi connectivity index (χ4v) is 2.64. The van der Waals surface area contributed by atoms with E-state index in [1.54, 1.807) is 0 Å². The Morgan fingerprint density at radius 1 is 1.15 bits per heavy atom. The van der Waals surface area contributed by atoms with E-state index in [9.17, 15) is 5.11 Å². The van der Waals surface area contributed by atoms with Crippen LogP contribution in [0.2, 0.25) is 0 Å². The van der Waals surface area contributed by atoms with Crippen LogP contribution in [0.4, 0.5) is 0 Å². The number of benzene rings is 1. The van der Waals surface area contributed by atoms with Gasteiger partial charge in [-0.15, -0.1) is 0 Å². The Balaban J connectivity index is 0.000000956. The van der Waals surface area contributed by atoms with Crippen LogP contribution in [0.5, 0.6) is 11.5 Å². The summed E-state index contributed by atoms with van der Waals surface area (Å²) in [5, 5.41) is 9.74. The molecule has 1 N–H and O–H groups in total. The van der Waals surface area contributed by atoms with E-state index in [1.807, 2.05) is 18.9 Å².